The van der Waals surface area contributed by atoms with E-state index in [1.54, 1.807) is 25.3 Å². The monoisotopic (exact) mass is 266 g/mol. The summed E-state index contributed by atoms with van der Waals surface area (Å²) in [6.07, 6.45) is 1.31. The summed E-state index contributed by atoms with van der Waals surface area (Å²) >= 11 is 0. The van der Waals surface area contributed by atoms with Crippen molar-refractivity contribution in [3.63, 3.8) is 0 Å². The van der Waals surface area contributed by atoms with Gasteiger partial charge in [-0.2, -0.15) is 0 Å². The molecule has 0 aliphatic rings. The van der Waals surface area contributed by atoms with Crippen LogP contribution in [0.15, 0.2) is 18.2 Å². The van der Waals surface area contributed by atoms with E-state index in [1.165, 1.54) is 0 Å². The Bertz CT molecular complexity index is 408. The van der Waals surface area contributed by atoms with Crippen molar-refractivity contribution in [3.05, 3.63) is 18.2 Å². The van der Waals surface area contributed by atoms with E-state index in [0.717, 1.165) is 18.7 Å². The molecule has 0 saturated carbocycles. The summed E-state index contributed by atoms with van der Waals surface area (Å²) in [5, 5.41) is 5.86. The predicted octanol–water partition coefficient (Wildman–Crippen LogP) is 2.03. The molecule has 2 N–H and O–H groups in total. The molecule has 0 heterocycles. The second-order valence-electron chi connectivity index (χ2n) is 4.05. The fourth-order valence-corrected chi connectivity index (χ4v) is 1.67. The lowest BCUT2D eigenvalue weighted by Crippen LogP contribution is -2.15. The Balaban J connectivity index is 2.63. The summed E-state index contributed by atoms with van der Waals surface area (Å²) in [6, 6.07) is 5.36. The maximum Gasteiger partial charge on any atom is 0.224 e. The number of ether oxygens (including phenoxy) is 2. The van der Waals surface area contributed by atoms with Crippen LogP contribution in [0.3, 0.4) is 0 Å². The van der Waals surface area contributed by atoms with Crippen molar-refractivity contribution in [1.29, 1.82) is 0 Å². The highest BCUT2D eigenvalue weighted by Gasteiger charge is 2.07. The van der Waals surface area contributed by atoms with E-state index in [4.69, 9.17) is 9.47 Å². The average Bonchev–Trinajstić information content (AvgIpc) is 2.40. The highest BCUT2D eigenvalue weighted by molar-refractivity contribution is 5.91. The van der Waals surface area contributed by atoms with Crippen molar-refractivity contribution in [2.75, 3.05) is 32.6 Å². The SMILES string of the molecule is CCOc1cc(NC(=O)CCCNC)ccc1OC. The Kier molecular flexibility index (Phi) is 6.74. The molecular formula is C14H22N2O3. The van der Waals surface area contributed by atoms with E-state index in [2.05, 4.69) is 10.6 Å². The van der Waals surface area contributed by atoms with Gasteiger partial charge in [0.2, 0.25) is 5.91 Å². The van der Waals surface area contributed by atoms with Gasteiger partial charge in [-0.3, -0.25) is 4.79 Å². The molecule has 0 aliphatic carbocycles. The summed E-state index contributed by atoms with van der Waals surface area (Å²) in [6.45, 7) is 3.29. The summed E-state index contributed by atoms with van der Waals surface area (Å²) < 4.78 is 10.7. The molecule has 1 amide bonds. The van der Waals surface area contributed by atoms with Crippen LogP contribution in [0.4, 0.5) is 5.69 Å². The number of rotatable bonds is 8. The molecule has 0 atom stereocenters. The lowest BCUT2D eigenvalue weighted by Gasteiger charge is -2.11. The van der Waals surface area contributed by atoms with Crippen LogP contribution in [0.1, 0.15) is 19.8 Å². The molecule has 1 aromatic rings. The third-order valence-corrected chi connectivity index (χ3v) is 2.58. The van der Waals surface area contributed by atoms with Gasteiger partial charge in [0.1, 0.15) is 0 Å². The Morgan fingerprint density at radius 1 is 1.32 bits per heavy atom. The summed E-state index contributed by atoms with van der Waals surface area (Å²) in [5.74, 6) is 1.30. The number of carbonyl (C=O) groups excluding carboxylic acids is 1. The second kappa shape index (κ2) is 8.37. The highest BCUT2D eigenvalue weighted by atomic mass is 16.5. The van der Waals surface area contributed by atoms with Crippen LogP contribution >= 0.6 is 0 Å². The number of benzene rings is 1. The van der Waals surface area contributed by atoms with Crippen molar-refractivity contribution in [1.82, 2.24) is 5.32 Å². The first-order chi connectivity index (χ1) is 9.21. The zero-order valence-corrected chi connectivity index (χ0v) is 11.8. The van der Waals surface area contributed by atoms with Crippen LogP contribution in [-0.2, 0) is 4.79 Å². The van der Waals surface area contributed by atoms with E-state index in [9.17, 15) is 4.79 Å². The Hall–Kier alpha value is -1.75. The van der Waals surface area contributed by atoms with E-state index in [-0.39, 0.29) is 5.91 Å². The predicted molar refractivity (Wildman–Crippen MR) is 76.0 cm³/mol. The van der Waals surface area contributed by atoms with Crippen LogP contribution in [0.25, 0.3) is 0 Å². The Labute approximate surface area is 114 Å². The van der Waals surface area contributed by atoms with Gasteiger partial charge in [0.05, 0.1) is 13.7 Å². The fourth-order valence-electron chi connectivity index (χ4n) is 1.67. The van der Waals surface area contributed by atoms with Gasteiger partial charge in [-0.1, -0.05) is 0 Å². The molecule has 0 saturated heterocycles. The minimum atomic E-state index is 0.00265. The molecule has 1 aromatic carbocycles. The minimum Gasteiger partial charge on any atom is -0.493 e. The number of anilines is 1. The molecule has 106 valence electrons. The zero-order chi connectivity index (χ0) is 14.1. The van der Waals surface area contributed by atoms with Crippen LogP contribution in [-0.4, -0.2) is 33.2 Å². The minimum absolute atomic E-state index is 0.00265. The first-order valence-electron chi connectivity index (χ1n) is 6.46. The number of hydrogen-bond donors (Lipinski definition) is 2. The number of nitrogens with one attached hydrogen (secondary N) is 2. The summed E-state index contributed by atoms with van der Waals surface area (Å²) in [7, 11) is 3.46. The number of carbonyl (C=O) groups is 1. The van der Waals surface area contributed by atoms with E-state index in [0.29, 0.717) is 24.5 Å². The van der Waals surface area contributed by atoms with E-state index in [1.807, 2.05) is 14.0 Å². The van der Waals surface area contributed by atoms with Gasteiger partial charge < -0.3 is 20.1 Å². The first kappa shape index (κ1) is 15.3. The second-order valence-corrected chi connectivity index (χ2v) is 4.05. The van der Waals surface area contributed by atoms with Crippen LogP contribution in [0.5, 0.6) is 11.5 Å². The van der Waals surface area contributed by atoms with Crippen molar-refractivity contribution in [3.8, 4) is 11.5 Å². The van der Waals surface area contributed by atoms with Gasteiger partial charge in [-0.25, -0.2) is 0 Å². The lowest BCUT2D eigenvalue weighted by molar-refractivity contribution is -0.116. The zero-order valence-electron chi connectivity index (χ0n) is 11.8. The Morgan fingerprint density at radius 3 is 2.74 bits per heavy atom. The topological polar surface area (TPSA) is 59.6 Å². The smallest absolute Gasteiger partial charge is 0.224 e. The molecule has 0 fully saturated rings. The third-order valence-electron chi connectivity index (χ3n) is 2.58. The van der Waals surface area contributed by atoms with Gasteiger partial charge in [0, 0.05) is 18.2 Å². The molecule has 5 heteroatoms. The number of hydrogen-bond acceptors (Lipinski definition) is 4. The van der Waals surface area contributed by atoms with Gasteiger partial charge in [-0.05, 0) is 39.1 Å². The molecule has 19 heavy (non-hydrogen) atoms. The van der Waals surface area contributed by atoms with E-state index < -0.39 is 0 Å². The Morgan fingerprint density at radius 2 is 2.11 bits per heavy atom. The highest BCUT2D eigenvalue weighted by Crippen LogP contribution is 2.30. The van der Waals surface area contributed by atoms with Gasteiger partial charge in [0.25, 0.3) is 0 Å². The van der Waals surface area contributed by atoms with Crippen LogP contribution < -0.4 is 20.1 Å². The van der Waals surface area contributed by atoms with Gasteiger partial charge in [0.15, 0.2) is 11.5 Å². The van der Waals surface area contributed by atoms with Crippen molar-refractivity contribution < 1.29 is 14.3 Å². The molecule has 0 aliphatic heterocycles. The van der Waals surface area contributed by atoms with Crippen LogP contribution in [0, 0.1) is 0 Å². The van der Waals surface area contributed by atoms with E-state index >= 15 is 0 Å². The van der Waals surface area contributed by atoms with Crippen LogP contribution in [0.2, 0.25) is 0 Å². The molecule has 0 spiro atoms. The van der Waals surface area contributed by atoms with Gasteiger partial charge >= 0.3 is 0 Å². The molecule has 1 rings (SSSR count). The van der Waals surface area contributed by atoms with Crippen molar-refractivity contribution in [2.24, 2.45) is 0 Å². The van der Waals surface area contributed by atoms with Gasteiger partial charge in [-0.15, -0.1) is 0 Å². The molecular weight excluding hydrogens is 244 g/mol. The maximum absolute atomic E-state index is 11.7. The largest absolute Gasteiger partial charge is 0.493 e. The first-order valence-corrected chi connectivity index (χ1v) is 6.46. The number of methoxy groups -OCH3 is 1. The van der Waals surface area contributed by atoms with Crippen molar-refractivity contribution >= 4 is 11.6 Å². The molecule has 0 bridgehead atoms. The third kappa shape index (κ3) is 5.18. The fraction of sp³-hybridized carbons (Fsp3) is 0.500. The maximum atomic E-state index is 11.7. The molecule has 0 unspecified atom stereocenters. The summed E-state index contributed by atoms with van der Waals surface area (Å²) in [5.41, 5.74) is 0.721. The quantitative estimate of drug-likeness (QED) is 0.707. The lowest BCUT2D eigenvalue weighted by atomic mass is 10.2. The normalized spacial score (nSPS) is 10.1. The molecule has 0 radical (unpaired) electrons. The summed E-state index contributed by atoms with van der Waals surface area (Å²) in [4.78, 5) is 11.7. The molecule has 5 nitrogen and oxygen atoms in total. The number of amides is 1. The standard InChI is InChI=1S/C14H22N2O3/c1-4-19-13-10-11(7-8-12(13)18-3)16-14(17)6-5-9-15-2/h7-8,10,15H,4-6,9H2,1-3H3,(H,16,17). The average molecular weight is 266 g/mol. The molecule has 0 aromatic heterocycles. The van der Waals surface area contributed by atoms with Crippen molar-refractivity contribution in [2.45, 2.75) is 19.8 Å².